The van der Waals surface area contributed by atoms with Crippen molar-refractivity contribution >= 4 is 40.8 Å². The first-order valence-corrected chi connectivity index (χ1v) is 10.4. The van der Waals surface area contributed by atoms with Crippen molar-refractivity contribution in [2.24, 2.45) is 0 Å². The Bertz CT molecular complexity index is 848. The van der Waals surface area contributed by atoms with Crippen LogP contribution in [0, 0.1) is 0 Å². The lowest BCUT2D eigenvalue weighted by Gasteiger charge is -2.29. The second-order valence-electron chi connectivity index (χ2n) is 6.16. The number of thiazole rings is 1. The van der Waals surface area contributed by atoms with Crippen LogP contribution in [0.25, 0.3) is 11.3 Å². The number of nitrogens with one attached hydrogen (secondary N) is 1. The number of benzene rings is 1. The van der Waals surface area contributed by atoms with Gasteiger partial charge in [-0.2, -0.15) is 0 Å². The Balaban J connectivity index is 2.26. The van der Waals surface area contributed by atoms with Gasteiger partial charge in [-0.25, -0.2) is 14.6 Å². The molecule has 0 unspecified atom stereocenters. The fourth-order valence-corrected chi connectivity index (χ4v) is 3.67. The van der Waals surface area contributed by atoms with E-state index in [1.165, 1.54) is 18.3 Å². The lowest BCUT2D eigenvalue weighted by molar-refractivity contribution is -0.168. The van der Waals surface area contributed by atoms with E-state index >= 15 is 0 Å². The third-order valence-electron chi connectivity index (χ3n) is 4.04. The van der Waals surface area contributed by atoms with Crippen LogP contribution in [-0.4, -0.2) is 41.6 Å². The van der Waals surface area contributed by atoms with Gasteiger partial charge in [-0.3, -0.25) is 4.79 Å². The molecule has 9 heteroatoms. The van der Waals surface area contributed by atoms with Crippen molar-refractivity contribution in [3.8, 4) is 11.3 Å². The summed E-state index contributed by atoms with van der Waals surface area (Å²) in [6.45, 7) is 4.62. The van der Waals surface area contributed by atoms with Crippen molar-refractivity contribution < 1.29 is 23.9 Å². The van der Waals surface area contributed by atoms with Crippen molar-refractivity contribution in [3.05, 3.63) is 39.7 Å². The molecule has 0 fully saturated rings. The molecule has 1 aromatic heterocycles. The predicted molar refractivity (Wildman–Crippen MR) is 111 cm³/mol. The van der Waals surface area contributed by atoms with Crippen LogP contribution >= 0.6 is 22.9 Å². The molecule has 2 rings (SSSR count). The zero-order chi connectivity index (χ0) is 21.4. The zero-order valence-electron chi connectivity index (χ0n) is 16.5. The number of carbonyl (C=O) groups excluding carboxylic acids is 3. The standard InChI is InChI=1S/C20H23ClN2O5S/c1-4-27-18(25)20(23-13(3)24,19(26)28-5-2)11-10-17-22-16(12-29-17)14-6-8-15(21)9-7-14/h6-9,12H,4-5,10-11H2,1-3H3,(H,23,24). The summed E-state index contributed by atoms with van der Waals surface area (Å²) in [5.41, 5.74) is -0.246. The summed E-state index contributed by atoms with van der Waals surface area (Å²) in [6, 6.07) is 7.28. The normalized spacial score (nSPS) is 11.0. The topological polar surface area (TPSA) is 94.6 Å². The van der Waals surface area contributed by atoms with Gasteiger partial charge in [0.1, 0.15) is 0 Å². The van der Waals surface area contributed by atoms with Crippen LogP contribution in [0.4, 0.5) is 0 Å². The first-order valence-electron chi connectivity index (χ1n) is 9.16. The number of hydrogen-bond donors (Lipinski definition) is 1. The minimum Gasteiger partial charge on any atom is -0.464 e. The number of esters is 2. The Morgan fingerprint density at radius 3 is 2.21 bits per heavy atom. The highest BCUT2D eigenvalue weighted by molar-refractivity contribution is 7.09. The van der Waals surface area contributed by atoms with Crippen molar-refractivity contribution in [2.45, 2.75) is 39.2 Å². The fourth-order valence-electron chi connectivity index (χ4n) is 2.73. The monoisotopic (exact) mass is 438 g/mol. The molecular formula is C20H23ClN2O5S. The average molecular weight is 439 g/mol. The predicted octanol–water partition coefficient (Wildman–Crippen LogP) is 3.40. The lowest BCUT2D eigenvalue weighted by atomic mass is 9.93. The molecular weight excluding hydrogens is 416 g/mol. The van der Waals surface area contributed by atoms with Gasteiger partial charge >= 0.3 is 11.9 Å². The molecule has 1 heterocycles. The molecule has 0 saturated heterocycles. The van der Waals surface area contributed by atoms with E-state index in [9.17, 15) is 14.4 Å². The maximum atomic E-state index is 12.6. The summed E-state index contributed by atoms with van der Waals surface area (Å²) in [5.74, 6) is -2.22. The largest absolute Gasteiger partial charge is 0.464 e. The van der Waals surface area contributed by atoms with Gasteiger partial charge in [0.25, 0.3) is 0 Å². The molecule has 0 spiro atoms. The summed E-state index contributed by atoms with van der Waals surface area (Å²) in [4.78, 5) is 41.6. The molecule has 1 N–H and O–H groups in total. The minimum atomic E-state index is -1.91. The second-order valence-corrected chi connectivity index (χ2v) is 7.54. The van der Waals surface area contributed by atoms with Crippen molar-refractivity contribution in [2.75, 3.05) is 13.2 Å². The van der Waals surface area contributed by atoms with Crippen LogP contribution < -0.4 is 5.32 Å². The van der Waals surface area contributed by atoms with Crippen LogP contribution in [0.3, 0.4) is 0 Å². The second kappa shape index (κ2) is 10.4. The van der Waals surface area contributed by atoms with E-state index in [0.29, 0.717) is 10.0 Å². The number of hydrogen-bond acceptors (Lipinski definition) is 7. The minimum absolute atomic E-state index is 0.0299. The smallest absolute Gasteiger partial charge is 0.343 e. The molecule has 0 aliphatic heterocycles. The summed E-state index contributed by atoms with van der Waals surface area (Å²) >= 11 is 7.31. The molecule has 0 bridgehead atoms. The number of carbonyl (C=O) groups is 3. The number of ether oxygens (including phenoxy) is 2. The van der Waals surface area contributed by atoms with Gasteiger partial charge in [-0.15, -0.1) is 11.3 Å². The molecule has 7 nitrogen and oxygen atoms in total. The van der Waals surface area contributed by atoms with Crippen molar-refractivity contribution in [3.63, 3.8) is 0 Å². The summed E-state index contributed by atoms with van der Waals surface area (Å²) < 4.78 is 10.1. The van der Waals surface area contributed by atoms with E-state index in [-0.39, 0.29) is 26.1 Å². The van der Waals surface area contributed by atoms with Crippen LogP contribution in [0.1, 0.15) is 32.2 Å². The maximum absolute atomic E-state index is 12.6. The Kier molecular flexibility index (Phi) is 8.16. The molecule has 1 amide bonds. The quantitative estimate of drug-likeness (QED) is 0.476. The van der Waals surface area contributed by atoms with Gasteiger partial charge in [-0.1, -0.05) is 23.7 Å². The third-order valence-corrected chi connectivity index (χ3v) is 5.20. The van der Waals surface area contributed by atoms with E-state index in [1.54, 1.807) is 26.0 Å². The van der Waals surface area contributed by atoms with Gasteiger partial charge in [0, 0.05) is 29.3 Å². The van der Waals surface area contributed by atoms with Crippen LogP contribution in [0.5, 0.6) is 0 Å². The van der Waals surface area contributed by atoms with Crippen LogP contribution in [0.15, 0.2) is 29.6 Å². The zero-order valence-corrected chi connectivity index (χ0v) is 18.1. The first kappa shape index (κ1) is 22.8. The number of aromatic nitrogens is 1. The fraction of sp³-hybridized carbons (Fsp3) is 0.400. The molecule has 0 atom stereocenters. The number of amides is 1. The highest BCUT2D eigenvalue weighted by Gasteiger charge is 2.49. The Morgan fingerprint density at radius 1 is 1.10 bits per heavy atom. The summed E-state index contributed by atoms with van der Waals surface area (Å²) in [5, 5.41) is 5.67. The number of halogens is 1. The number of aryl methyl sites for hydroxylation is 1. The van der Waals surface area contributed by atoms with E-state index in [0.717, 1.165) is 11.3 Å². The lowest BCUT2D eigenvalue weighted by Crippen LogP contribution is -2.61. The summed E-state index contributed by atoms with van der Waals surface area (Å²) in [6.07, 6.45) is 0.244. The molecule has 156 valence electrons. The Hall–Kier alpha value is -2.45. The third kappa shape index (κ3) is 5.77. The highest BCUT2D eigenvalue weighted by Crippen LogP contribution is 2.26. The maximum Gasteiger partial charge on any atom is 0.343 e. The van der Waals surface area contributed by atoms with Gasteiger partial charge < -0.3 is 14.8 Å². The first-order chi connectivity index (χ1) is 13.8. The Labute approximate surface area is 178 Å². The van der Waals surface area contributed by atoms with Crippen LogP contribution in [-0.2, 0) is 30.3 Å². The van der Waals surface area contributed by atoms with Crippen molar-refractivity contribution in [1.82, 2.24) is 10.3 Å². The molecule has 1 aromatic carbocycles. The highest BCUT2D eigenvalue weighted by atomic mass is 35.5. The van der Waals surface area contributed by atoms with Gasteiger partial charge in [-0.05, 0) is 32.4 Å². The SMILES string of the molecule is CCOC(=O)C(CCc1nc(-c2ccc(Cl)cc2)cs1)(NC(C)=O)C(=O)OCC. The van der Waals surface area contributed by atoms with Gasteiger partial charge in [0.15, 0.2) is 0 Å². The number of rotatable bonds is 9. The molecule has 0 aliphatic carbocycles. The molecule has 0 aliphatic rings. The van der Waals surface area contributed by atoms with E-state index in [4.69, 9.17) is 21.1 Å². The average Bonchev–Trinajstić information content (AvgIpc) is 3.14. The van der Waals surface area contributed by atoms with Crippen LogP contribution in [0.2, 0.25) is 5.02 Å². The molecule has 0 radical (unpaired) electrons. The Morgan fingerprint density at radius 2 is 1.69 bits per heavy atom. The summed E-state index contributed by atoms with van der Waals surface area (Å²) in [7, 11) is 0. The molecule has 0 saturated carbocycles. The molecule has 2 aromatic rings. The molecule has 29 heavy (non-hydrogen) atoms. The van der Waals surface area contributed by atoms with E-state index in [1.807, 2.05) is 17.5 Å². The van der Waals surface area contributed by atoms with Gasteiger partial charge in [0.05, 0.1) is 23.9 Å². The number of nitrogens with zero attached hydrogens (tertiary/aromatic N) is 1. The van der Waals surface area contributed by atoms with E-state index < -0.39 is 23.4 Å². The van der Waals surface area contributed by atoms with Gasteiger partial charge in [0.2, 0.25) is 11.4 Å². The van der Waals surface area contributed by atoms with E-state index in [2.05, 4.69) is 10.3 Å². The van der Waals surface area contributed by atoms with Crippen molar-refractivity contribution in [1.29, 1.82) is 0 Å².